The number of rotatable bonds is 6. The molecule has 1 aromatic heterocycles. The van der Waals surface area contributed by atoms with Gasteiger partial charge < -0.3 is 10.5 Å². The van der Waals surface area contributed by atoms with Gasteiger partial charge in [0, 0.05) is 25.4 Å². The smallest absolute Gasteiger partial charge is 0.213 e. The Morgan fingerprint density at radius 2 is 2.11 bits per heavy atom. The summed E-state index contributed by atoms with van der Waals surface area (Å²) in [6.45, 7) is 4.48. The normalized spacial score (nSPS) is 16.9. The van der Waals surface area contributed by atoms with E-state index in [-0.39, 0.29) is 0 Å². The van der Waals surface area contributed by atoms with Crippen LogP contribution in [0.5, 0.6) is 5.88 Å². The number of nitrogens with zero attached hydrogens (tertiary/aromatic N) is 2. The first-order valence-corrected chi connectivity index (χ1v) is 7.03. The second-order valence-electron chi connectivity index (χ2n) is 4.86. The lowest BCUT2D eigenvalue weighted by Gasteiger charge is -2.26. The molecule has 0 radical (unpaired) electrons. The Labute approximate surface area is 115 Å². The van der Waals surface area contributed by atoms with Crippen LogP contribution < -0.4 is 10.5 Å². The Kier molecular flexibility index (Phi) is 5.85. The summed E-state index contributed by atoms with van der Waals surface area (Å²) in [4.78, 5) is 6.72. The van der Waals surface area contributed by atoms with Crippen LogP contribution in [0, 0.1) is 0 Å². The highest BCUT2D eigenvalue weighted by Gasteiger charge is 2.10. The number of likely N-dealkylation sites (tertiary alicyclic amines) is 1. The van der Waals surface area contributed by atoms with Gasteiger partial charge in [-0.25, -0.2) is 4.98 Å². The molecule has 0 aromatic carbocycles. The summed E-state index contributed by atoms with van der Waals surface area (Å²) in [5, 5.41) is 0. The second kappa shape index (κ2) is 7.92. The molecule has 0 bridgehead atoms. The fraction of sp³-hybridized carbons (Fsp3) is 0.533. The van der Waals surface area contributed by atoms with Crippen molar-refractivity contribution >= 4 is 0 Å². The molecule has 1 saturated heterocycles. The van der Waals surface area contributed by atoms with Gasteiger partial charge in [-0.2, -0.15) is 0 Å². The van der Waals surface area contributed by atoms with E-state index in [9.17, 15) is 0 Å². The first-order valence-electron chi connectivity index (χ1n) is 7.03. The molecule has 1 fully saturated rings. The van der Waals surface area contributed by atoms with Crippen molar-refractivity contribution in [3.8, 4) is 5.88 Å². The van der Waals surface area contributed by atoms with E-state index in [4.69, 9.17) is 10.5 Å². The monoisotopic (exact) mass is 261 g/mol. The molecule has 1 aliphatic heterocycles. The molecule has 1 aliphatic rings. The molecule has 2 N–H and O–H groups in total. The standard InChI is InChI=1S/C15H23N3O/c16-7-2-5-11-19-15-12-14(6-8-17-15)13-18-9-3-1-4-10-18/h2,5-6,8,12H,1,3-4,7,9-11,13,16H2/b5-2+. The molecule has 2 heterocycles. The quantitative estimate of drug-likeness (QED) is 0.795. The second-order valence-corrected chi connectivity index (χ2v) is 4.86. The van der Waals surface area contributed by atoms with E-state index in [2.05, 4.69) is 16.0 Å². The average Bonchev–Trinajstić information content (AvgIpc) is 2.45. The molecule has 0 unspecified atom stereocenters. The Balaban J connectivity index is 1.85. The largest absolute Gasteiger partial charge is 0.473 e. The fourth-order valence-corrected chi connectivity index (χ4v) is 2.30. The molecule has 2 rings (SSSR count). The Morgan fingerprint density at radius 1 is 1.26 bits per heavy atom. The first kappa shape index (κ1) is 14.0. The van der Waals surface area contributed by atoms with Gasteiger partial charge in [-0.3, -0.25) is 4.90 Å². The van der Waals surface area contributed by atoms with Gasteiger partial charge in [0.25, 0.3) is 0 Å². The highest BCUT2D eigenvalue weighted by Crippen LogP contribution is 2.15. The van der Waals surface area contributed by atoms with Crippen molar-refractivity contribution in [2.24, 2.45) is 5.73 Å². The molecular weight excluding hydrogens is 238 g/mol. The number of aromatic nitrogens is 1. The van der Waals surface area contributed by atoms with E-state index in [1.165, 1.54) is 37.9 Å². The summed E-state index contributed by atoms with van der Waals surface area (Å²) in [5.74, 6) is 0.691. The van der Waals surface area contributed by atoms with Gasteiger partial charge in [0.05, 0.1) is 0 Å². The van der Waals surface area contributed by atoms with E-state index in [0.717, 1.165) is 6.54 Å². The van der Waals surface area contributed by atoms with Crippen LogP contribution in [-0.4, -0.2) is 36.1 Å². The zero-order valence-electron chi connectivity index (χ0n) is 11.4. The molecule has 0 saturated carbocycles. The molecule has 0 amide bonds. The maximum Gasteiger partial charge on any atom is 0.213 e. The zero-order valence-corrected chi connectivity index (χ0v) is 11.4. The minimum Gasteiger partial charge on any atom is -0.473 e. The van der Waals surface area contributed by atoms with Crippen molar-refractivity contribution in [2.45, 2.75) is 25.8 Å². The van der Waals surface area contributed by atoms with Crippen molar-refractivity contribution in [2.75, 3.05) is 26.2 Å². The Morgan fingerprint density at radius 3 is 2.89 bits per heavy atom. The van der Waals surface area contributed by atoms with Gasteiger partial charge in [-0.15, -0.1) is 0 Å². The van der Waals surface area contributed by atoms with Gasteiger partial charge in [0.15, 0.2) is 0 Å². The van der Waals surface area contributed by atoms with E-state index in [0.29, 0.717) is 19.0 Å². The van der Waals surface area contributed by atoms with Crippen LogP contribution in [0.15, 0.2) is 30.5 Å². The topological polar surface area (TPSA) is 51.4 Å². The third-order valence-corrected chi connectivity index (χ3v) is 3.28. The number of piperidine rings is 1. The van der Waals surface area contributed by atoms with E-state index in [1.54, 1.807) is 0 Å². The van der Waals surface area contributed by atoms with Crippen molar-refractivity contribution < 1.29 is 4.74 Å². The molecule has 4 heteroatoms. The number of hydrogen-bond acceptors (Lipinski definition) is 4. The summed E-state index contributed by atoms with van der Waals surface area (Å²) in [5.41, 5.74) is 6.65. The summed E-state index contributed by atoms with van der Waals surface area (Å²) in [6.07, 6.45) is 9.63. The van der Waals surface area contributed by atoms with Crippen molar-refractivity contribution in [1.82, 2.24) is 9.88 Å². The van der Waals surface area contributed by atoms with Crippen LogP contribution in [0.3, 0.4) is 0 Å². The Bertz CT molecular complexity index is 400. The van der Waals surface area contributed by atoms with Gasteiger partial charge in [-0.1, -0.05) is 18.6 Å². The molecule has 0 atom stereocenters. The van der Waals surface area contributed by atoms with Crippen molar-refractivity contribution in [1.29, 1.82) is 0 Å². The van der Waals surface area contributed by atoms with Crippen LogP contribution in [0.2, 0.25) is 0 Å². The molecule has 4 nitrogen and oxygen atoms in total. The molecule has 19 heavy (non-hydrogen) atoms. The highest BCUT2D eigenvalue weighted by atomic mass is 16.5. The van der Waals surface area contributed by atoms with Crippen molar-refractivity contribution in [3.63, 3.8) is 0 Å². The lowest BCUT2D eigenvalue weighted by Crippen LogP contribution is -2.29. The SMILES string of the molecule is NC/C=C/COc1cc(CN2CCCCC2)ccn1. The molecule has 1 aromatic rings. The molecular formula is C15H23N3O. The van der Waals surface area contributed by atoms with Gasteiger partial charge in [0.2, 0.25) is 5.88 Å². The minimum atomic E-state index is 0.525. The minimum absolute atomic E-state index is 0.525. The average molecular weight is 261 g/mol. The van der Waals surface area contributed by atoms with Gasteiger partial charge >= 0.3 is 0 Å². The molecule has 104 valence electrons. The van der Waals surface area contributed by atoms with Crippen LogP contribution in [0.1, 0.15) is 24.8 Å². The third-order valence-electron chi connectivity index (χ3n) is 3.28. The molecule has 0 aliphatic carbocycles. The summed E-state index contributed by atoms with van der Waals surface area (Å²) in [7, 11) is 0. The maximum atomic E-state index is 5.57. The third kappa shape index (κ3) is 5.01. The van der Waals surface area contributed by atoms with Crippen LogP contribution >= 0.6 is 0 Å². The van der Waals surface area contributed by atoms with Gasteiger partial charge in [0.1, 0.15) is 6.61 Å². The van der Waals surface area contributed by atoms with Gasteiger partial charge in [-0.05, 0) is 37.6 Å². The summed E-state index contributed by atoms with van der Waals surface area (Å²) in [6, 6.07) is 4.10. The van der Waals surface area contributed by atoms with Crippen molar-refractivity contribution in [3.05, 3.63) is 36.0 Å². The zero-order chi connectivity index (χ0) is 13.3. The highest BCUT2D eigenvalue weighted by molar-refractivity contribution is 5.20. The number of ether oxygens (including phenoxy) is 1. The lowest BCUT2D eigenvalue weighted by molar-refractivity contribution is 0.220. The fourth-order valence-electron chi connectivity index (χ4n) is 2.30. The predicted octanol–water partition coefficient (Wildman–Crippen LogP) is 1.96. The van der Waals surface area contributed by atoms with Crippen LogP contribution in [0.4, 0.5) is 0 Å². The Hall–Kier alpha value is -1.39. The maximum absolute atomic E-state index is 5.57. The number of hydrogen-bond donors (Lipinski definition) is 1. The first-order chi connectivity index (χ1) is 9.38. The van der Waals surface area contributed by atoms with E-state index in [1.807, 2.05) is 24.4 Å². The van der Waals surface area contributed by atoms with Crippen LogP contribution in [-0.2, 0) is 6.54 Å². The number of nitrogens with two attached hydrogens (primary N) is 1. The predicted molar refractivity (Wildman–Crippen MR) is 77.1 cm³/mol. The summed E-state index contributed by atoms with van der Waals surface area (Å²) >= 11 is 0. The van der Waals surface area contributed by atoms with Crippen LogP contribution in [0.25, 0.3) is 0 Å². The molecule has 0 spiro atoms. The number of pyridine rings is 1. The lowest BCUT2D eigenvalue weighted by atomic mass is 10.1. The van der Waals surface area contributed by atoms with E-state index >= 15 is 0 Å². The van der Waals surface area contributed by atoms with E-state index < -0.39 is 0 Å². The summed E-state index contributed by atoms with van der Waals surface area (Å²) < 4.78 is 5.57.